The molecule has 1 aromatic carbocycles. The summed E-state index contributed by atoms with van der Waals surface area (Å²) in [6.07, 6.45) is 9.15. The molecule has 1 fully saturated rings. The predicted octanol–water partition coefficient (Wildman–Crippen LogP) is 3.54. The van der Waals surface area contributed by atoms with Crippen molar-refractivity contribution in [2.45, 2.75) is 38.5 Å². The number of nitrogens with zero attached hydrogens (tertiary/aromatic N) is 2. The summed E-state index contributed by atoms with van der Waals surface area (Å²) in [5.41, 5.74) is 1.97. The van der Waals surface area contributed by atoms with Crippen LogP contribution >= 0.6 is 12.2 Å². The van der Waals surface area contributed by atoms with E-state index in [4.69, 9.17) is 26.4 Å². The number of benzene rings is 1. The van der Waals surface area contributed by atoms with Crippen LogP contribution in [-0.2, 0) is 0 Å². The number of hydrogen-bond acceptors (Lipinski definition) is 5. The van der Waals surface area contributed by atoms with Crippen LogP contribution in [0, 0.1) is 0 Å². The molecule has 0 spiro atoms. The number of hydrazine groups is 1. The maximum absolute atomic E-state index is 13.3. The minimum absolute atomic E-state index is 0.147. The van der Waals surface area contributed by atoms with Crippen LogP contribution < -0.4 is 19.5 Å². The van der Waals surface area contributed by atoms with Crippen molar-refractivity contribution in [1.29, 1.82) is 0 Å². The van der Waals surface area contributed by atoms with E-state index in [1.54, 1.807) is 17.1 Å². The minimum atomic E-state index is -0.147. The number of ether oxygens (including phenoxy) is 3. The van der Waals surface area contributed by atoms with Crippen LogP contribution in [0.4, 0.5) is 0 Å². The molecule has 0 unspecified atom stereocenters. The Hall–Kier alpha value is -2.48. The first-order valence-electron chi connectivity index (χ1n) is 10.4. The van der Waals surface area contributed by atoms with Crippen molar-refractivity contribution >= 4 is 23.2 Å². The van der Waals surface area contributed by atoms with E-state index in [1.807, 2.05) is 5.01 Å². The molecule has 164 valence electrons. The molecule has 0 bridgehead atoms. The van der Waals surface area contributed by atoms with E-state index >= 15 is 0 Å². The van der Waals surface area contributed by atoms with Gasteiger partial charge in [0.05, 0.1) is 21.3 Å². The molecule has 1 aromatic rings. The summed E-state index contributed by atoms with van der Waals surface area (Å²) >= 11 is 5.60. The monoisotopic (exact) mass is 433 g/mol. The van der Waals surface area contributed by atoms with E-state index in [-0.39, 0.29) is 5.91 Å². The highest BCUT2D eigenvalue weighted by molar-refractivity contribution is 7.80. The number of carbonyl (C=O) groups is 1. The summed E-state index contributed by atoms with van der Waals surface area (Å²) < 4.78 is 16.1. The largest absolute Gasteiger partial charge is 0.493 e. The van der Waals surface area contributed by atoms with Gasteiger partial charge in [-0.3, -0.25) is 9.80 Å². The third kappa shape index (κ3) is 4.98. The van der Waals surface area contributed by atoms with Gasteiger partial charge in [-0.2, -0.15) is 0 Å². The van der Waals surface area contributed by atoms with Crippen LogP contribution in [0.3, 0.4) is 0 Å². The van der Waals surface area contributed by atoms with Crippen LogP contribution in [-0.4, -0.2) is 62.0 Å². The van der Waals surface area contributed by atoms with Gasteiger partial charge in [0.15, 0.2) is 16.6 Å². The maximum atomic E-state index is 13.3. The number of methoxy groups -OCH3 is 3. The smallest absolute Gasteiger partial charge is 0.272 e. The second kappa shape index (κ2) is 10.5. The quantitative estimate of drug-likeness (QED) is 0.521. The number of nitrogens with one attached hydrogen (secondary N) is 1. The Morgan fingerprint density at radius 1 is 1.03 bits per heavy atom. The predicted molar refractivity (Wildman–Crippen MR) is 120 cm³/mol. The first-order chi connectivity index (χ1) is 14.6. The second-order valence-electron chi connectivity index (χ2n) is 7.41. The van der Waals surface area contributed by atoms with Gasteiger partial charge in [-0.1, -0.05) is 11.6 Å². The van der Waals surface area contributed by atoms with Gasteiger partial charge in [-0.15, -0.1) is 0 Å². The van der Waals surface area contributed by atoms with Crippen LogP contribution in [0.1, 0.15) is 48.9 Å². The maximum Gasteiger partial charge on any atom is 0.272 e. The molecule has 2 aliphatic rings. The molecule has 0 aromatic heterocycles. The Bertz CT molecular complexity index is 787. The van der Waals surface area contributed by atoms with Gasteiger partial charge in [-0.05, 0) is 62.9 Å². The summed E-state index contributed by atoms with van der Waals surface area (Å²) in [6.45, 7) is 2.11. The van der Waals surface area contributed by atoms with Crippen molar-refractivity contribution < 1.29 is 19.0 Å². The zero-order valence-electron chi connectivity index (χ0n) is 18.0. The number of thiocarbonyl (C=S) groups is 1. The van der Waals surface area contributed by atoms with Gasteiger partial charge in [0.2, 0.25) is 5.75 Å². The number of carbonyl (C=O) groups excluding carboxylic acids is 1. The van der Waals surface area contributed by atoms with Crippen molar-refractivity contribution in [3.63, 3.8) is 0 Å². The average Bonchev–Trinajstić information content (AvgIpc) is 3.28. The minimum Gasteiger partial charge on any atom is -0.493 e. The lowest BCUT2D eigenvalue weighted by Gasteiger charge is -2.30. The van der Waals surface area contributed by atoms with E-state index < -0.39 is 0 Å². The lowest BCUT2D eigenvalue weighted by Crippen LogP contribution is -2.49. The number of amides is 1. The Kier molecular flexibility index (Phi) is 7.79. The summed E-state index contributed by atoms with van der Waals surface area (Å²) in [6, 6.07) is 3.35. The van der Waals surface area contributed by atoms with Gasteiger partial charge in [0.25, 0.3) is 5.91 Å². The first-order valence-corrected chi connectivity index (χ1v) is 10.8. The Balaban J connectivity index is 1.67. The standard InChI is InChI=1S/C22H31N3O4S/c1-27-18-14-17(15-19(28-2)20(18)29-3)21(26)24-12-7-13-25(24)22(30)23-11-10-16-8-5-4-6-9-16/h8,14-15H,4-7,9-13H2,1-3H3,(H,23,30). The Morgan fingerprint density at radius 3 is 2.33 bits per heavy atom. The van der Waals surface area contributed by atoms with Gasteiger partial charge >= 0.3 is 0 Å². The highest BCUT2D eigenvalue weighted by Gasteiger charge is 2.30. The third-order valence-electron chi connectivity index (χ3n) is 5.52. The SMILES string of the molecule is COc1cc(C(=O)N2CCCN2C(=S)NCCC2=CCCCC2)cc(OC)c1OC. The van der Waals surface area contributed by atoms with E-state index in [0.717, 1.165) is 19.4 Å². The van der Waals surface area contributed by atoms with Crippen LogP contribution in [0.25, 0.3) is 0 Å². The van der Waals surface area contributed by atoms with Crippen molar-refractivity contribution in [2.75, 3.05) is 41.0 Å². The van der Waals surface area contributed by atoms with E-state index in [1.165, 1.54) is 52.6 Å². The van der Waals surface area contributed by atoms with Crippen molar-refractivity contribution in [3.05, 3.63) is 29.3 Å². The summed E-state index contributed by atoms with van der Waals surface area (Å²) in [4.78, 5) is 13.3. The fourth-order valence-electron chi connectivity index (χ4n) is 3.94. The van der Waals surface area contributed by atoms with Crippen molar-refractivity contribution in [3.8, 4) is 17.2 Å². The summed E-state index contributed by atoms with van der Waals surface area (Å²) in [5.74, 6) is 1.22. The summed E-state index contributed by atoms with van der Waals surface area (Å²) in [5, 5.41) is 7.46. The molecule has 1 saturated heterocycles. The zero-order chi connectivity index (χ0) is 21.5. The molecule has 0 atom stereocenters. The zero-order valence-corrected chi connectivity index (χ0v) is 18.8. The van der Waals surface area contributed by atoms with E-state index in [9.17, 15) is 4.79 Å². The third-order valence-corrected chi connectivity index (χ3v) is 5.87. The molecule has 1 amide bonds. The molecular weight excluding hydrogens is 402 g/mol. The Morgan fingerprint density at radius 2 is 1.73 bits per heavy atom. The molecule has 1 aliphatic heterocycles. The number of hydrogen-bond donors (Lipinski definition) is 1. The molecule has 30 heavy (non-hydrogen) atoms. The van der Waals surface area contributed by atoms with Crippen LogP contribution in [0.2, 0.25) is 0 Å². The molecule has 1 aliphatic carbocycles. The normalized spacial score (nSPS) is 16.2. The highest BCUT2D eigenvalue weighted by atomic mass is 32.1. The van der Waals surface area contributed by atoms with Crippen molar-refractivity contribution in [2.24, 2.45) is 0 Å². The molecule has 0 saturated carbocycles. The molecule has 1 N–H and O–H groups in total. The van der Waals surface area contributed by atoms with Crippen LogP contribution in [0.15, 0.2) is 23.8 Å². The van der Waals surface area contributed by atoms with Gasteiger partial charge < -0.3 is 19.5 Å². The average molecular weight is 434 g/mol. The fourth-order valence-corrected chi connectivity index (χ4v) is 4.23. The number of rotatable bonds is 7. The molecule has 8 heteroatoms. The van der Waals surface area contributed by atoms with Gasteiger partial charge in [0, 0.05) is 25.2 Å². The number of allylic oxidation sites excluding steroid dienone is 1. The fraction of sp³-hybridized carbons (Fsp3) is 0.545. The molecule has 3 rings (SSSR count). The molecule has 1 heterocycles. The Labute approximate surface area is 183 Å². The topological polar surface area (TPSA) is 63.3 Å². The van der Waals surface area contributed by atoms with Gasteiger partial charge in [0.1, 0.15) is 0 Å². The summed E-state index contributed by atoms with van der Waals surface area (Å²) in [7, 11) is 4.61. The van der Waals surface area contributed by atoms with E-state index in [2.05, 4.69) is 11.4 Å². The molecule has 0 radical (unpaired) electrons. The van der Waals surface area contributed by atoms with Crippen molar-refractivity contribution in [1.82, 2.24) is 15.3 Å². The first kappa shape index (κ1) is 22.2. The van der Waals surface area contributed by atoms with Gasteiger partial charge in [-0.25, -0.2) is 5.01 Å². The molecular formula is C22H31N3O4S. The lowest BCUT2D eigenvalue weighted by atomic mass is 9.97. The highest BCUT2D eigenvalue weighted by Crippen LogP contribution is 2.38. The second-order valence-corrected chi connectivity index (χ2v) is 7.80. The molecule has 7 nitrogen and oxygen atoms in total. The van der Waals surface area contributed by atoms with E-state index in [0.29, 0.717) is 41.0 Å². The lowest BCUT2D eigenvalue weighted by molar-refractivity contribution is 0.0491. The van der Waals surface area contributed by atoms with Crippen LogP contribution in [0.5, 0.6) is 17.2 Å².